The van der Waals surface area contributed by atoms with Crippen LogP contribution in [0.2, 0.25) is 0 Å². The Bertz CT molecular complexity index is 793. The Labute approximate surface area is 166 Å². The number of hydrogen-bond donors (Lipinski definition) is 2. The number of morpholine rings is 1. The Kier molecular flexibility index (Phi) is 6.92. The number of likely N-dealkylation sites (tertiary alicyclic amines) is 1. The van der Waals surface area contributed by atoms with Crippen molar-refractivity contribution >= 4 is 21.6 Å². The molecule has 2 saturated heterocycles. The molecule has 1 amide bonds. The maximum atomic E-state index is 13.0. The highest BCUT2D eigenvalue weighted by Crippen LogP contribution is 2.30. The van der Waals surface area contributed by atoms with Crippen molar-refractivity contribution in [2.45, 2.75) is 24.7 Å². The van der Waals surface area contributed by atoms with Crippen LogP contribution in [0.4, 0.5) is 5.69 Å². The molecule has 3 rings (SSSR count). The number of rotatable bonds is 6. The number of anilines is 1. The lowest BCUT2D eigenvalue weighted by Crippen LogP contribution is -3.14. The zero-order chi connectivity index (χ0) is 20.1. The molecule has 0 spiro atoms. The number of carbonyl (C=O) groups is 1. The molecule has 2 heterocycles. The van der Waals surface area contributed by atoms with Crippen molar-refractivity contribution in [3.8, 4) is 5.75 Å². The van der Waals surface area contributed by atoms with Gasteiger partial charge in [-0.25, -0.2) is 8.42 Å². The van der Waals surface area contributed by atoms with Gasteiger partial charge in [0.25, 0.3) is 5.91 Å². The summed E-state index contributed by atoms with van der Waals surface area (Å²) in [5, 5.41) is 2.85. The minimum Gasteiger partial charge on any atom is -0.495 e. The van der Waals surface area contributed by atoms with E-state index in [1.165, 1.54) is 28.8 Å². The Balaban J connectivity index is 1.74. The number of methoxy groups -OCH3 is 1. The summed E-state index contributed by atoms with van der Waals surface area (Å²) in [6, 6.07) is 4.73. The molecule has 1 aromatic rings. The molecule has 2 aliphatic heterocycles. The summed E-state index contributed by atoms with van der Waals surface area (Å²) in [5.74, 6) is 0.784. The summed E-state index contributed by atoms with van der Waals surface area (Å²) in [7, 11) is -2.29. The van der Waals surface area contributed by atoms with Crippen molar-refractivity contribution in [2.24, 2.45) is 5.92 Å². The average molecular weight is 413 g/mol. The molecule has 0 saturated carbocycles. The van der Waals surface area contributed by atoms with Crippen LogP contribution in [0.1, 0.15) is 19.8 Å². The minimum atomic E-state index is -3.73. The van der Waals surface area contributed by atoms with E-state index < -0.39 is 10.0 Å². The summed E-state index contributed by atoms with van der Waals surface area (Å²) in [6.45, 7) is 5.94. The molecule has 0 aromatic heterocycles. The third-order valence-corrected chi connectivity index (χ3v) is 7.23. The normalized spacial score (nSPS) is 23.9. The largest absolute Gasteiger partial charge is 0.495 e. The molecule has 0 bridgehead atoms. The van der Waals surface area contributed by atoms with Crippen LogP contribution >= 0.6 is 0 Å². The number of ether oxygens (including phenoxy) is 2. The maximum absolute atomic E-state index is 13.0. The van der Waals surface area contributed by atoms with Gasteiger partial charge in [-0.3, -0.25) is 4.79 Å². The number of piperidine rings is 1. The highest BCUT2D eigenvalue weighted by molar-refractivity contribution is 7.89. The lowest BCUT2D eigenvalue weighted by Gasteiger charge is -2.27. The number of amides is 1. The fraction of sp³-hybridized carbons (Fsp3) is 0.632. The van der Waals surface area contributed by atoms with Gasteiger partial charge in [0.05, 0.1) is 33.4 Å². The smallest absolute Gasteiger partial charge is 0.279 e. The van der Waals surface area contributed by atoms with Gasteiger partial charge in [-0.05, 0) is 31.0 Å². The van der Waals surface area contributed by atoms with E-state index in [4.69, 9.17) is 9.47 Å². The molecule has 28 heavy (non-hydrogen) atoms. The van der Waals surface area contributed by atoms with Gasteiger partial charge < -0.3 is 19.7 Å². The van der Waals surface area contributed by atoms with Crippen LogP contribution in [0.3, 0.4) is 0 Å². The Hall–Kier alpha value is -1.68. The van der Waals surface area contributed by atoms with Crippen molar-refractivity contribution in [3.05, 3.63) is 18.2 Å². The van der Waals surface area contributed by atoms with E-state index in [0.717, 1.165) is 19.5 Å². The van der Waals surface area contributed by atoms with Crippen LogP contribution in [0.15, 0.2) is 23.1 Å². The summed E-state index contributed by atoms with van der Waals surface area (Å²) in [6.07, 6.45) is 2.35. The van der Waals surface area contributed by atoms with E-state index in [1.54, 1.807) is 12.1 Å². The van der Waals surface area contributed by atoms with E-state index in [9.17, 15) is 13.2 Å². The Morgan fingerprint density at radius 2 is 2.11 bits per heavy atom. The van der Waals surface area contributed by atoms with Gasteiger partial charge in [-0.2, -0.15) is 4.31 Å². The standard InChI is InChI=1S/C19H29N3O5S/c1-15-4-3-7-21(13-15)14-19(23)20-16-5-6-17(26-2)18(12-16)28(24,25)22-8-10-27-11-9-22/h5-6,12,15H,3-4,7-11,13-14H2,1-2H3,(H,20,23)/p+1/t15-/m0/s1. The molecular formula is C19H30N3O5S+. The first-order valence-electron chi connectivity index (χ1n) is 9.79. The molecule has 156 valence electrons. The van der Waals surface area contributed by atoms with Crippen LogP contribution in [0.25, 0.3) is 0 Å². The van der Waals surface area contributed by atoms with Crippen LogP contribution < -0.4 is 15.0 Å². The monoisotopic (exact) mass is 412 g/mol. The fourth-order valence-corrected chi connectivity index (χ4v) is 5.46. The fourth-order valence-electron chi connectivity index (χ4n) is 3.87. The lowest BCUT2D eigenvalue weighted by atomic mass is 10.0. The van der Waals surface area contributed by atoms with Crippen LogP contribution in [0, 0.1) is 5.92 Å². The number of hydrogen-bond acceptors (Lipinski definition) is 5. The number of nitrogens with one attached hydrogen (secondary N) is 2. The second-order valence-corrected chi connectivity index (χ2v) is 9.46. The van der Waals surface area contributed by atoms with Crippen molar-refractivity contribution in [2.75, 3.05) is 58.4 Å². The van der Waals surface area contributed by atoms with Crippen LogP contribution in [-0.2, 0) is 19.6 Å². The third kappa shape index (κ3) is 5.02. The van der Waals surface area contributed by atoms with Gasteiger partial charge in [0, 0.05) is 24.7 Å². The molecule has 2 N–H and O–H groups in total. The van der Waals surface area contributed by atoms with Gasteiger partial charge >= 0.3 is 0 Å². The Morgan fingerprint density at radius 1 is 1.36 bits per heavy atom. The first kappa shape index (κ1) is 21.0. The minimum absolute atomic E-state index is 0.0636. The SMILES string of the molecule is COc1ccc(NC(=O)C[NH+]2CCC[C@H](C)C2)cc1S(=O)(=O)N1CCOCC1. The molecule has 8 nitrogen and oxygen atoms in total. The summed E-state index contributed by atoms with van der Waals surface area (Å²) >= 11 is 0. The number of benzene rings is 1. The zero-order valence-corrected chi connectivity index (χ0v) is 17.4. The first-order valence-corrected chi connectivity index (χ1v) is 11.2. The summed E-state index contributed by atoms with van der Waals surface area (Å²) < 4.78 is 38.0. The second kappa shape index (κ2) is 9.21. The number of sulfonamides is 1. The van der Waals surface area contributed by atoms with E-state index in [2.05, 4.69) is 12.2 Å². The number of nitrogens with zero attached hydrogens (tertiary/aromatic N) is 1. The number of quaternary nitrogens is 1. The van der Waals surface area contributed by atoms with E-state index in [0.29, 0.717) is 44.5 Å². The van der Waals surface area contributed by atoms with Crippen LogP contribution in [-0.4, -0.2) is 71.7 Å². The van der Waals surface area contributed by atoms with Crippen molar-refractivity contribution in [1.82, 2.24) is 4.31 Å². The first-order chi connectivity index (χ1) is 13.4. The maximum Gasteiger partial charge on any atom is 0.279 e. The summed E-state index contributed by atoms with van der Waals surface area (Å²) in [4.78, 5) is 13.8. The molecule has 2 atom stereocenters. The predicted molar refractivity (Wildman–Crippen MR) is 105 cm³/mol. The molecule has 1 aromatic carbocycles. The van der Waals surface area contributed by atoms with Gasteiger partial charge in [-0.1, -0.05) is 6.92 Å². The van der Waals surface area contributed by atoms with Gasteiger partial charge in [0.1, 0.15) is 10.6 Å². The van der Waals surface area contributed by atoms with Gasteiger partial charge in [-0.15, -0.1) is 0 Å². The predicted octanol–water partition coefficient (Wildman–Crippen LogP) is -0.0306. The highest BCUT2D eigenvalue weighted by Gasteiger charge is 2.30. The molecule has 1 unspecified atom stereocenters. The number of carbonyl (C=O) groups excluding carboxylic acids is 1. The quantitative estimate of drug-likeness (QED) is 0.685. The molecule has 2 fully saturated rings. The molecule has 0 radical (unpaired) electrons. The van der Waals surface area contributed by atoms with E-state index >= 15 is 0 Å². The third-order valence-electron chi connectivity index (χ3n) is 5.31. The van der Waals surface area contributed by atoms with Crippen molar-refractivity contribution < 1.29 is 27.6 Å². The zero-order valence-electron chi connectivity index (χ0n) is 16.6. The molecular weight excluding hydrogens is 382 g/mol. The second-order valence-electron chi connectivity index (χ2n) is 7.56. The molecule has 9 heteroatoms. The van der Waals surface area contributed by atoms with Gasteiger partial charge in [0.15, 0.2) is 6.54 Å². The summed E-state index contributed by atoms with van der Waals surface area (Å²) in [5.41, 5.74) is 0.460. The van der Waals surface area contributed by atoms with Gasteiger partial charge in [0.2, 0.25) is 10.0 Å². The Morgan fingerprint density at radius 3 is 2.79 bits per heavy atom. The highest BCUT2D eigenvalue weighted by atomic mass is 32.2. The lowest BCUT2D eigenvalue weighted by molar-refractivity contribution is -0.900. The topological polar surface area (TPSA) is 89.4 Å². The molecule has 2 aliphatic rings. The van der Waals surface area contributed by atoms with E-state index in [-0.39, 0.29) is 16.6 Å². The average Bonchev–Trinajstić information content (AvgIpc) is 2.68. The van der Waals surface area contributed by atoms with E-state index in [1.807, 2.05) is 0 Å². The van der Waals surface area contributed by atoms with Crippen molar-refractivity contribution in [1.29, 1.82) is 0 Å². The van der Waals surface area contributed by atoms with Crippen LogP contribution in [0.5, 0.6) is 5.75 Å². The van der Waals surface area contributed by atoms with Crippen molar-refractivity contribution in [3.63, 3.8) is 0 Å². The molecule has 0 aliphatic carbocycles.